The van der Waals surface area contributed by atoms with Crippen molar-refractivity contribution in [3.8, 4) is 0 Å². The molecule has 1 N–H and O–H groups in total. The van der Waals surface area contributed by atoms with Crippen LogP contribution in [0.25, 0.3) is 0 Å². The Kier molecular flexibility index (Phi) is 4.38. The van der Waals surface area contributed by atoms with E-state index in [9.17, 15) is 0 Å². The standard InChI is InChI=1S/C16H20ClN3/c17-15-7-5-14(6-8-15)16(13-3-4-13)18-9-1-11-20-12-2-10-19-20/h2,5-8,10,12-13,16,18H,1,3-4,9,11H2. The maximum Gasteiger partial charge on any atom is 0.0489 e. The summed E-state index contributed by atoms with van der Waals surface area (Å²) in [6.45, 7) is 1.99. The lowest BCUT2D eigenvalue weighted by Gasteiger charge is -2.19. The molecule has 0 aliphatic heterocycles. The first kappa shape index (κ1) is 13.7. The minimum Gasteiger partial charge on any atom is -0.310 e. The molecule has 1 aliphatic rings. The maximum atomic E-state index is 5.97. The Bertz CT molecular complexity index is 517. The van der Waals surface area contributed by atoms with Crippen LogP contribution in [0.1, 0.15) is 30.9 Å². The molecular weight excluding hydrogens is 270 g/mol. The molecule has 1 aromatic heterocycles. The normalized spacial score (nSPS) is 16.2. The minimum atomic E-state index is 0.477. The van der Waals surface area contributed by atoms with E-state index in [2.05, 4.69) is 22.5 Å². The van der Waals surface area contributed by atoms with Gasteiger partial charge in [-0.05, 0) is 55.5 Å². The van der Waals surface area contributed by atoms with Gasteiger partial charge in [0.05, 0.1) is 0 Å². The fraction of sp³-hybridized carbons (Fsp3) is 0.438. The minimum absolute atomic E-state index is 0.477. The van der Waals surface area contributed by atoms with Crippen LogP contribution in [-0.2, 0) is 6.54 Å². The van der Waals surface area contributed by atoms with Crippen molar-refractivity contribution in [3.63, 3.8) is 0 Å². The van der Waals surface area contributed by atoms with E-state index in [1.807, 2.05) is 35.3 Å². The zero-order valence-electron chi connectivity index (χ0n) is 11.5. The van der Waals surface area contributed by atoms with Crippen molar-refractivity contribution in [2.75, 3.05) is 6.54 Å². The summed E-state index contributed by atoms with van der Waals surface area (Å²) in [4.78, 5) is 0. The number of nitrogens with one attached hydrogen (secondary N) is 1. The number of hydrogen-bond acceptors (Lipinski definition) is 2. The van der Waals surface area contributed by atoms with Gasteiger partial charge in [-0.25, -0.2) is 0 Å². The van der Waals surface area contributed by atoms with Crippen molar-refractivity contribution in [2.45, 2.75) is 31.8 Å². The summed E-state index contributed by atoms with van der Waals surface area (Å²) in [6, 6.07) is 10.7. The maximum absolute atomic E-state index is 5.97. The predicted molar refractivity (Wildman–Crippen MR) is 81.8 cm³/mol. The molecule has 0 radical (unpaired) electrons. The first-order valence-corrected chi connectivity index (χ1v) is 7.67. The summed E-state index contributed by atoms with van der Waals surface area (Å²) >= 11 is 5.97. The van der Waals surface area contributed by atoms with Crippen LogP contribution in [0.2, 0.25) is 5.02 Å². The van der Waals surface area contributed by atoms with Crippen LogP contribution in [0, 0.1) is 5.92 Å². The van der Waals surface area contributed by atoms with Crippen LogP contribution in [0.4, 0.5) is 0 Å². The molecule has 20 heavy (non-hydrogen) atoms. The van der Waals surface area contributed by atoms with Crippen molar-refractivity contribution in [1.29, 1.82) is 0 Å². The first-order chi connectivity index (χ1) is 9.83. The lowest BCUT2D eigenvalue weighted by molar-refractivity contribution is 0.454. The molecule has 1 saturated carbocycles. The van der Waals surface area contributed by atoms with Crippen molar-refractivity contribution in [1.82, 2.24) is 15.1 Å². The van der Waals surface area contributed by atoms with Crippen LogP contribution < -0.4 is 5.32 Å². The molecule has 1 aliphatic carbocycles. The van der Waals surface area contributed by atoms with E-state index >= 15 is 0 Å². The van der Waals surface area contributed by atoms with Crippen LogP contribution in [0.3, 0.4) is 0 Å². The third kappa shape index (κ3) is 3.62. The summed E-state index contributed by atoms with van der Waals surface area (Å²) in [6.07, 6.45) is 7.60. The van der Waals surface area contributed by atoms with E-state index in [0.29, 0.717) is 6.04 Å². The molecule has 2 aromatic rings. The van der Waals surface area contributed by atoms with E-state index in [4.69, 9.17) is 11.6 Å². The van der Waals surface area contributed by atoms with Crippen molar-refractivity contribution >= 4 is 11.6 Å². The van der Waals surface area contributed by atoms with Crippen molar-refractivity contribution in [3.05, 3.63) is 53.3 Å². The number of benzene rings is 1. The van der Waals surface area contributed by atoms with Gasteiger partial charge in [0.15, 0.2) is 0 Å². The van der Waals surface area contributed by atoms with Gasteiger partial charge in [0, 0.05) is 30.0 Å². The van der Waals surface area contributed by atoms with Crippen LogP contribution in [0.5, 0.6) is 0 Å². The third-order valence-electron chi connectivity index (χ3n) is 3.81. The smallest absolute Gasteiger partial charge is 0.0489 e. The number of nitrogens with zero attached hydrogens (tertiary/aromatic N) is 2. The molecule has 4 heteroatoms. The van der Waals surface area contributed by atoms with E-state index in [1.165, 1.54) is 18.4 Å². The van der Waals surface area contributed by atoms with Gasteiger partial charge in [0.25, 0.3) is 0 Å². The Morgan fingerprint density at radius 1 is 1.30 bits per heavy atom. The van der Waals surface area contributed by atoms with Crippen LogP contribution >= 0.6 is 11.6 Å². The number of aromatic nitrogens is 2. The Morgan fingerprint density at radius 3 is 2.75 bits per heavy atom. The molecule has 0 bridgehead atoms. The van der Waals surface area contributed by atoms with Gasteiger partial charge in [0.2, 0.25) is 0 Å². The zero-order valence-corrected chi connectivity index (χ0v) is 12.3. The van der Waals surface area contributed by atoms with Gasteiger partial charge in [0.1, 0.15) is 0 Å². The van der Waals surface area contributed by atoms with E-state index in [1.54, 1.807) is 0 Å². The van der Waals surface area contributed by atoms with Crippen LogP contribution in [0.15, 0.2) is 42.7 Å². The number of halogens is 1. The monoisotopic (exact) mass is 289 g/mol. The van der Waals surface area contributed by atoms with Gasteiger partial charge < -0.3 is 5.32 Å². The average Bonchev–Trinajstić information content (AvgIpc) is 3.16. The average molecular weight is 290 g/mol. The number of rotatable bonds is 7. The predicted octanol–water partition coefficient (Wildman–Crippen LogP) is 3.67. The second-order valence-corrected chi connectivity index (χ2v) is 5.88. The molecule has 1 fully saturated rings. The van der Waals surface area contributed by atoms with Crippen molar-refractivity contribution in [2.24, 2.45) is 5.92 Å². The number of hydrogen-bond donors (Lipinski definition) is 1. The summed E-state index contributed by atoms with van der Waals surface area (Å²) in [5, 5.41) is 8.73. The van der Waals surface area contributed by atoms with Gasteiger partial charge in [-0.15, -0.1) is 0 Å². The highest BCUT2D eigenvalue weighted by molar-refractivity contribution is 6.30. The summed E-state index contributed by atoms with van der Waals surface area (Å²) in [7, 11) is 0. The molecule has 0 spiro atoms. The highest BCUT2D eigenvalue weighted by atomic mass is 35.5. The Morgan fingerprint density at radius 2 is 2.10 bits per heavy atom. The molecule has 1 unspecified atom stereocenters. The Balaban J connectivity index is 1.51. The van der Waals surface area contributed by atoms with Crippen molar-refractivity contribution < 1.29 is 0 Å². The van der Waals surface area contributed by atoms with Crippen LogP contribution in [-0.4, -0.2) is 16.3 Å². The Labute approximate surface area is 124 Å². The fourth-order valence-corrected chi connectivity index (χ4v) is 2.71. The highest BCUT2D eigenvalue weighted by Gasteiger charge is 2.31. The molecule has 1 atom stereocenters. The quantitative estimate of drug-likeness (QED) is 0.788. The molecular formula is C16H20ClN3. The molecule has 106 valence electrons. The SMILES string of the molecule is Clc1ccc(C(NCCCn2cccn2)C2CC2)cc1. The second kappa shape index (κ2) is 6.42. The fourth-order valence-electron chi connectivity index (χ4n) is 2.59. The van der Waals surface area contributed by atoms with E-state index < -0.39 is 0 Å². The molecule has 3 nitrogen and oxygen atoms in total. The topological polar surface area (TPSA) is 29.9 Å². The van der Waals surface area contributed by atoms with Gasteiger partial charge in [-0.3, -0.25) is 4.68 Å². The summed E-state index contributed by atoms with van der Waals surface area (Å²) in [5.41, 5.74) is 1.36. The zero-order chi connectivity index (χ0) is 13.8. The molecule has 3 rings (SSSR count). The largest absolute Gasteiger partial charge is 0.310 e. The second-order valence-electron chi connectivity index (χ2n) is 5.44. The molecule has 0 amide bonds. The number of aryl methyl sites for hydroxylation is 1. The first-order valence-electron chi connectivity index (χ1n) is 7.29. The Hall–Kier alpha value is -1.32. The lowest BCUT2D eigenvalue weighted by Crippen LogP contribution is -2.25. The molecule has 0 saturated heterocycles. The summed E-state index contributed by atoms with van der Waals surface area (Å²) in [5.74, 6) is 0.792. The van der Waals surface area contributed by atoms with Gasteiger partial charge >= 0.3 is 0 Å². The lowest BCUT2D eigenvalue weighted by atomic mass is 10.0. The van der Waals surface area contributed by atoms with Gasteiger partial charge in [-0.1, -0.05) is 23.7 Å². The van der Waals surface area contributed by atoms with Gasteiger partial charge in [-0.2, -0.15) is 5.10 Å². The van der Waals surface area contributed by atoms with E-state index in [0.717, 1.165) is 30.5 Å². The summed E-state index contributed by atoms with van der Waals surface area (Å²) < 4.78 is 1.98. The highest BCUT2D eigenvalue weighted by Crippen LogP contribution is 2.41. The third-order valence-corrected chi connectivity index (χ3v) is 4.06. The van der Waals surface area contributed by atoms with E-state index in [-0.39, 0.29) is 0 Å². The molecule has 1 heterocycles. The molecule has 1 aromatic carbocycles.